The Morgan fingerprint density at radius 2 is 1.78 bits per heavy atom. The molecule has 1 aliphatic rings. The molecule has 2 aromatic carbocycles. The van der Waals surface area contributed by atoms with Gasteiger partial charge in [0.2, 0.25) is 0 Å². The van der Waals surface area contributed by atoms with Crippen molar-refractivity contribution < 1.29 is 9.59 Å². The number of benzene rings is 2. The number of carbonyl (C=O) groups excluding carboxylic acids is 2. The van der Waals surface area contributed by atoms with Crippen LogP contribution in [0.1, 0.15) is 23.2 Å². The third kappa shape index (κ3) is 4.33. The van der Waals surface area contributed by atoms with E-state index >= 15 is 0 Å². The molecule has 1 saturated carbocycles. The van der Waals surface area contributed by atoms with E-state index in [4.69, 9.17) is 0 Å². The van der Waals surface area contributed by atoms with Crippen molar-refractivity contribution >= 4 is 23.3 Å². The number of urea groups is 1. The van der Waals surface area contributed by atoms with E-state index in [1.54, 1.807) is 35.1 Å². The van der Waals surface area contributed by atoms with Gasteiger partial charge in [-0.15, -0.1) is 0 Å². The van der Waals surface area contributed by atoms with Crippen LogP contribution in [0.4, 0.5) is 16.2 Å². The molecule has 3 N–H and O–H groups in total. The number of amides is 3. The lowest BCUT2D eigenvalue weighted by molar-refractivity contribution is 0.102. The molecule has 3 amide bonds. The van der Waals surface area contributed by atoms with E-state index in [1.165, 1.54) is 0 Å². The summed E-state index contributed by atoms with van der Waals surface area (Å²) in [6.07, 6.45) is 5.61. The van der Waals surface area contributed by atoms with Gasteiger partial charge in [0.05, 0.1) is 5.69 Å². The molecule has 0 atom stereocenters. The molecule has 0 saturated heterocycles. The monoisotopic (exact) mass is 361 g/mol. The second-order valence-corrected chi connectivity index (χ2v) is 6.41. The van der Waals surface area contributed by atoms with Crippen LogP contribution >= 0.6 is 0 Å². The summed E-state index contributed by atoms with van der Waals surface area (Å²) < 4.78 is 1.73. The maximum absolute atomic E-state index is 12.5. The molecular formula is C20H19N5O2. The molecule has 7 nitrogen and oxygen atoms in total. The van der Waals surface area contributed by atoms with E-state index in [0.717, 1.165) is 18.5 Å². The number of aromatic nitrogens is 2. The van der Waals surface area contributed by atoms with E-state index < -0.39 is 0 Å². The zero-order chi connectivity index (χ0) is 18.6. The van der Waals surface area contributed by atoms with Gasteiger partial charge in [-0.05, 0) is 61.4 Å². The summed E-state index contributed by atoms with van der Waals surface area (Å²) in [5.74, 6) is -0.221. The van der Waals surface area contributed by atoms with Crippen molar-refractivity contribution in [3.63, 3.8) is 0 Å². The lowest BCUT2D eigenvalue weighted by Crippen LogP contribution is -2.30. The maximum Gasteiger partial charge on any atom is 0.319 e. The summed E-state index contributed by atoms with van der Waals surface area (Å²) in [7, 11) is 0. The molecule has 1 fully saturated rings. The van der Waals surface area contributed by atoms with Crippen LogP contribution in [0.3, 0.4) is 0 Å². The van der Waals surface area contributed by atoms with Gasteiger partial charge >= 0.3 is 6.03 Å². The van der Waals surface area contributed by atoms with Crippen LogP contribution in [-0.4, -0.2) is 27.8 Å². The number of nitrogens with one attached hydrogen (secondary N) is 3. The van der Waals surface area contributed by atoms with Gasteiger partial charge in [-0.1, -0.05) is 6.07 Å². The average molecular weight is 361 g/mol. The fourth-order valence-electron chi connectivity index (χ4n) is 2.64. The van der Waals surface area contributed by atoms with Gasteiger partial charge in [0.25, 0.3) is 5.91 Å². The van der Waals surface area contributed by atoms with Crippen LogP contribution in [0.5, 0.6) is 0 Å². The molecule has 0 spiro atoms. The highest BCUT2D eigenvalue weighted by atomic mass is 16.2. The molecule has 4 rings (SSSR count). The predicted molar refractivity (Wildman–Crippen MR) is 103 cm³/mol. The first-order valence-electron chi connectivity index (χ1n) is 8.76. The Labute approximate surface area is 156 Å². The number of hydrogen-bond acceptors (Lipinski definition) is 3. The summed E-state index contributed by atoms with van der Waals surface area (Å²) in [6.45, 7) is 0. The minimum absolute atomic E-state index is 0.217. The highest BCUT2D eigenvalue weighted by molar-refractivity contribution is 6.04. The average Bonchev–Trinajstić information content (AvgIpc) is 3.31. The molecule has 0 bridgehead atoms. The maximum atomic E-state index is 12.5. The third-order valence-corrected chi connectivity index (χ3v) is 4.19. The number of rotatable bonds is 5. The van der Waals surface area contributed by atoms with Crippen LogP contribution in [0, 0.1) is 0 Å². The summed E-state index contributed by atoms with van der Waals surface area (Å²) in [5.41, 5.74) is 2.69. The van der Waals surface area contributed by atoms with E-state index in [1.807, 2.05) is 36.5 Å². The molecule has 0 radical (unpaired) electrons. The Morgan fingerprint density at radius 3 is 2.48 bits per heavy atom. The molecule has 7 heteroatoms. The first kappa shape index (κ1) is 16.8. The van der Waals surface area contributed by atoms with Crippen LogP contribution in [0.25, 0.3) is 5.69 Å². The van der Waals surface area contributed by atoms with E-state index in [9.17, 15) is 9.59 Å². The lowest BCUT2D eigenvalue weighted by Gasteiger charge is -2.09. The van der Waals surface area contributed by atoms with Crippen LogP contribution < -0.4 is 16.0 Å². The fraction of sp³-hybridized carbons (Fsp3) is 0.150. The Hall–Kier alpha value is -3.61. The van der Waals surface area contributed by atoms with Gasteiger partial charge in [-0.25, -0.2) is 9.48 Å². The molecule has 0 unspecified atom stereocenters. The minimum atomic E-state index is -0.221. The molecule has 0 aliphatic heterocycles. The number of nitrogens with zero attached hydrogens (tertiary/aromatic N) is 2. The molecule has 3 aromatic rings. The third-order valence-electron chi connectivity index (χ3n) is 4.19. The standard InChI is InChI=1S/C20H19N5O2/c26-19(22-17-3-1-4-18(13-17)25-12-2-11-21-25)14-5-7-15(8-6-14)23-20(27)24-16-9-10-16/h1-8,11-13,16H,9-10H2,(H,22,26)(H2,23,24,27). The van der Waals surface area contributed by atoms with Gasteiger partial charge in [-0.3, -0.25) is 4.79 Å². The zero-order valence-corrected chi connectivity index (χ0v) is 14.6. The van der Waals surface area contributed by atoms with Crippen molar-refractivity contribution in [1.29, 1.82) is 0 Å². The summed E-state index contributed by atoms with van der Waals surface area (Å²) in [5, 5.41) is 12.7. The molecule has 1 heterocycles. The van der Waals surface area contributed by atoms with Gasteiger partial charge < -0.3 is 16.0 Å². The fourth-order valence-corrected chi connectivity index (χ4v) is 2.64. The van der Waals surface area contributed by atoms with Gasteiger partial charge in [-0.2, -0.15) is 5.10 Å². The topological polar surface area (TPSA) is 88.1 Å². The van der Waals surface area contributed by atoms with Gasteiger partial charge in [0, 0.05) is 35.4 Å². The molecule has 136 valence electrons. The number of anilines is 2. The first-order valence-corrected chi connectivity index (χ1v) is 8.76. The molecular weight excluding hydrogens is 342 g/mol. The van der Waals surface area contributed by atoms with Crippen molar-refractivity contribution in [3.05, 3.63) is 72.6 Å². The van der Waals surface area contributed by atoms with Crippen LogP contribution in [-0.2, 0) is 0 Å². The van der Waals surface area contributed by atoms with Crippen molar-refractivity contribution in [3.8, 4) is 5.69 Å². The smallest absolute Gasteiger partial charge is 0.319 e. The highest BCUT2D eigenvalue weighted by Crippen LogP contribution is 2.19. The number of carbonyl (C=O) groups is 2. The quantitative estimate of drug-likeness (QED) is 0.651. The van der Waals surface area contributed by atoms with E-state index in [2.05, 4.69) is 21.0 Å². The lowest BCUT2D eigenvalue weighted by atomic mass is 10.2. The van der Waals surface area contributed by atoms with Crippen molar-refractivity contribution in [2.75, 3.05) is 10.6 Å². The van der Waals surface area contributed by atoms with E-state index in [0.29, 0.717) is 23.0 Å². The molecule has 27 heavy (non-hydrogen) atoms. The second kappa shape index (κ2) is 7.33. The Bertz CT molecular complexity index is 947. The number of hydrogen-bond donors (Lipinski definition) is 3. The zero-order valence-electron chi connectivity index (χ0n) is 14.6. The molecule has 1 aromatic heterocycles. The summed E-state index contributed by atoms with van der Waals surface area (Å²) >= 11 is 0. The minimum Gasteiger partial charge on any atom is -0.335 e. The van der Waals surface area contributed by atoms with Crippen molar-refractivity contribution in [2.24, 2.45) is 0 Å². The van der Waals surface area contributed by atoms with E-state index in [-0.39, 0.29) is 11.9 Å². The van der Waals surface area contributed by atoms with Crippen molar-refractivity contribution in [2.45, 2.75) is 18.9 Å². The Kier molecular flexibility index (Phi) is 4.57. The van der Waals surface area contributed by atoms with Crippen molar-refractivity contribution in [1.82, 2.24) is 15.1 Å². The second-order valence-electron chi connectivity index (χ2n) is 6.41. The SMILES string of the molecule is O=C(Nc1ccc(C(=O)Nc2cccc(-n3cccn3)c2)cc1)NC1CC1. The van der Waals surface area contributed by atoms with Gasteiger partial charge in [0.15, 0.2) is 0 Å². The van der Waals surface area contributed by atoms with Crippen LogP contribution in [0.2, 0.25) is 0 Å². The largest absolute Gasteiger partial charge is 0.335 e. The molecule has 1 aliphatic carbocycles. The normalized spacial score (nSPS) is 13.0. The highest BCUT2D eigenvalue weighted by Gasteiger charge is 2.23. The van der Waals surface area contributed by atoms with Crippen LogP contribution in [0.15, 0.2) is 67.0 Å². The predicted octanol–water partition coefficient (Wildman–Crippen LogP) is 3.41. The Balaban J connectivity index is 1.39. The van der Waals surface area contributed by atoms with Gasteiger partial charge in [0.1, 0.15) is 0 Å². The Morgan fingerprint density at radius 1 is 0.963 bits per heavy atom. The summed E-state index contributed by atoms with van der Waals surface area (Å²) in [4.78, 5) is 24.2. The first-order chi connectivity index (χ1) is 13.2. The summed E-state index contributed by atoms with van der Waals surface area (Å²) in [6, 6.07) is 16.1.